The van der Waals surface area contributed by atoms with Crippen molar-refractivity contribution in [1.29, 1.82) is 0 Å². The van der Waals surface area contributed by atoms with Gasteiger partial charge in [-0.3, -0.25) is 0 Å². The first-order chi connectivity index (χ1) is 7.92. The van der Waals surface area contributed by atoms with Crippen LogP contribution in [0.25, 0.3) is 0 Å². The number of esters is 2. The molecule has 0 aliphatic heterocycles. The molecule has 0 radical (unpaired) electrons. The topological polar surface area (TPSA) is 52.6 Å². The van der Waals surface area contributed by atoms with Gasteiger partial charge in [0.15, 0.2) is 13.2 Å². The van der Waals surface area contributed by atoms with Gasteiger partial charge in [0.05, 0.1) is 0 Å². The van der Waals surface area contributed by atoms with Crippen LogP contribution in [0.15, 0.2) is 12.2 Å². The van der Waals surface area contributed by atoms with Gasteiger partial charge in [0.25, 0.3) is 0 Å². The number of alkyl halides is 6. The van der Waals surface area contributed by atoms with Gasteiger partial charge in [-0.25, -0.2) is 9.59 Å². The van der Waals surface area contributed by atoms with Crippen molar-refractivity contribution in [3.63, 3.8) is 0 Å². The SMILES string of the molecule is C=C(C(=O)OCC(F)(F)F)C(=O)OCC(F)(F)F. The van der Waals surface area contributed by atoms with E-state index in [0.29, 0.717) is 0 Å². The van der Waals surface area contributed by atoms with Crippen molar-refractivity contribution in [2.45, 2.75) is 12.4 Å². The van der Waals surface area contributed by atoms with E-state index >= 15 is 0 Å². The maximum Gasteiger partial charge on any atom is 0.422 e. The highest BCUT2D eigenvalue weighted by Crippen LogP contribution is 2.17. The Morgan fingerprint density at radius 3 is 1.33 bits per heavy atom. The molecule has 0 N–H and O–H groups in total. The zero-order chi connectivity index (χ0) is 14.6. The second-order valence-electron chi connectivity index (χ2n) is 2.86. The van der Waals surface area contributed by atoms with Crippen molar-refractivity contribution < 1.29 is 45.4 Å². The highest BCUT2D eigenvalue weighted by molar-refractivity contribution is 6.13. The molecular formula is C8H6F6O4. The first-order valence-electron chi connectivity index (χ1n) is 4.09. The third-order valence-corrected chi connectivity index (χ3v) is 1.23. The number of hydrogen-bond acceptors (Lipinski definition) is 4. The van der Waals surface area contributed by atoms with Crippen LogP contribution in [0, 0.1) is 0 Å². The molecule has 0 aromatic rings. The van der Waals surface area contributed by atoms with Gasteiger partial charge in [-0.1, -0.05) is 6.58 Å². The molecular weight excluding hydrogens is 274 g/mol. The van der Waals surface area contributed by atoms with Gasteiger partial charge in [-0.05, 0) is 0 Å². The van der Waals surface area contributed by atoms with E-state index in [2.05, 4.69) is 16.1 Å². The summed E-state index contributed by atoms with van der Waals surface area (Å²) in [6, 6.07) is 0. The summed E-state index contributed by atoms with van der Waals surface area (Å²) in [4.78, 5) is 21.5. The Balaban J connectivity index is 4.22. The maximum atomic E-state index is 11.6. The van der Waals surface area contributed by atoms with Crippen LogP contribution in [0.3, 0.4) is 0 Å². The molecule has 104 valence electrons. The zero-order valence-corrected chi connectivity index (χ0v) is 8.52. The quantitative estimate of drug-likeness (QED) is 0.259. The molecule has 0 rings (SSSR count). The van der Waals surface area contributed by atoms with Crippen LogP contribution in [-0.2, 0) is 19.1 Å². The molecule has 0 saturated carbocycles. The summed E-state index contributed by atoms with van der Waals surface area (Å²) in [5, 5.41) is 0. The Hall–Kier alpha value is -1.74. The van der Waals surface area contributed by atoms with E-state index in [1.807, 2.05) is 0 Å². The lowest BCUT2D eigenvalue weighted by Gasteiger charge is -2.10. The minimum atomic E-state index is -4.83. The smallest absolute Gasteiger partial charge is 0.422 e. The highest BCUT2D eigenvalue weighted by atomic mass is 19.4. The summed E-state index contributed by atoms with van der Waals surface area (Å²) in [5.74, 6) is -3.61. The Kier molecular flexibility index (Phi) is 5.18. The molecule has 0 fully saturated rings. The van der Waals surface area contributed by atoms with Gasteiger partial charge < -0.3 is 9.47 Å². The Morgan fingerprint density at radius 1 is 0.833 bits per heavy atom. The summed E-state index contributed by atoms with van der Waals surface area (Å²) in [5.41, 5.74) is -1.26. The predicted molar refractivity (Wildman–Crippen MR) is 43.2 cm³/mol. The second kappa shape index (κ2) is 5.74. The van der Waals surface area contributed by atoms with Gasteiger partial charge in [0.1, 0.15) is 5.57 Å². The molecule has 0 aromatic heterocycles. The first-order valence-corrected chi connectivity index (χ1v) is 4.09. The van der Waals surface area contributed by atoms with Crippen LogP contribution in [0.2, 0.25) is 0 Å². The Morgan fingerprint density at radius 2 is 1.11 bits per heavy atom. The van der Waals surface area contributed by atoms with Crippen molar-refractivity contribution in [1.82, 2.24) is 0 Å². The molecule has 0 unspecified atom stereocenters. The van der Waals surface area contributed by atoms with E-state index in [-0.39, 0.29) is 0 Å². The van der Waals surface area contributed by atoms with E-state index in [9.17, 15) is 35.9 Å². The molecule has 10 heteroatoms. The molecule has 0 bridgehead atoms. The van der Waals surface area contributed by atoms with Crippen molar-refractivity contribution in [2.75, 3.05) is 13.2 Å². The molecule has 0 heterocycles. The van der Waals surface area contributed by atoms with Crippen molar-refractivity contribution in [3.8, 4) is 0 Å². The van der Waals surface area contributed by atoms with Gasteiger partial charge in [-0.15, -0.1) is 0 Å². The predicted octanol–water partition coefficient (Wildman–Crippen LogP) is 1.75. The van der Waals surface area contributed by atoms with Gasteiger partial charge >= 0.3 is 24.3 Å². The monoisotopic (exact) mass is 280 g/mol. The fraction of sp³-hybridized carbons (Fsp3) is 0.500. The first kappa shape index (κ1) is 16.3. The molecule has 0 aliphatic rings. The molecule has 0 spiro atoms. The molecule has 0 aromatic carbocycles. The van der Waals surface area contributed by atoms with E-state index < -0.39 is 43.1 Å². The number of carbonyl (C=O) groups excluding carboxylic acids is 2. The normalized spacial score (nSPS) is 11.9. The summed E-state index contributed by atoms with van der Waals surface area (Å²) < 4.78 is 76.8. The standard InChI is InChI=1S/C8H6F6O4/c1-4(5(15)17-2-7(9,10)11)6(16)18-3-8(12,13)14/h1-3H2. The number of hydrogen-bond donors (Lipinski definition) is 0. The Labute approximate surface area is 96.1 Å². The van der Waals surface area contributed by atoms with Crippen LogP contribution in [0.4, 0.5) is 26.3 Å². The third-order valence-electron chi connectivity index (χ3n) is 1.23. The van der Waals surface area contributed by atoms with Gasteiger partial charge in [-0.2, -0.15) is 26.3 Å². The lowest BCUT2D eigenvalue weighted by Crippen LogP contribution is -2.26. The summed E-state index contributed by atoms with van der Waals surface area (Å²) in [7, 11) is 0. The van der Waals surface area contributed by atoms with Crippen molar-refractivity contribution >= 4 is 11.9 Å². The molecule has 0 atom stereocenters. The fourth-order valence-electron chi connectivity index (χ4n) is 0.552. The maximum absolute atomic E-state index is 11.6. The minimum Gasteiger partial charge on any atom is -0.452 e. The van der Waals surface area contributed by atoms with Crippen molar-refractivity contribution in [2.24, 2.45) is 0 Å². The lowest BCUT2D eigenvalue weighted by molar-refractivity contribution is -0.189. The van der Waals surface area contributed by atoms with E-state index in [1.165, 1.54) is 0 Å². The van der Waals surface area contributed by atoms with Crippen molar-refractivity contribution in [3.05, 3.63) is 12.2 Å². The zero-order valence-electron chi connectivity index (χ0n) is 8.52. The number of halogens is 6. The van der Waals surface area contributed by atoms with E-state index in [1.54, 1.807) is 0 Å². The molecule has 4 nitrogen and oxygen atoms in total. The van der Waals surface area contributed by atoms with Crippen LogP contribution < -0.4 is 0 Å². The minimum absolute atomic E-state index is 1.26. The highest BCUT2D eigenvalue weighted by Gasteiger charge is 2.33. The van der Waals surface area contributed by atoms with Gasteiger partial charge in [0, 0.05) is 0 Å². The van der Waals surface area contributed by atoms with Gasteiger partial charge in [0.2, 0.25) is 0 Å². The van der Waals surface area contributed by atoms with Crippen LogP contribution in [0.1, 0.15) is 0 Å². The van der Waals surface area contributed by atoms with Crippen LogP contribution >= 0.6 is 0 Å². The van der Waals surface area contributed by atoms with E-state index in [4.69, 9.17) is 0 Å². The van der Waals surface area contributed by atoms with E-state index in [0.717, 1.165) is 0 Å². The second-order valence-corrected chi connectivity index (χ2v) is 2.86. The number of carbonyl (C=O) groups is 2. The molecule has 0 aliphatic carbocycles. The largest absolute Gasteiger partial charge is 0.452 e. The number of rotatable bonds is 4. The summed E-state index contributed by atoms with van der Waals surface area (Å²) >= 11 is 0. The average Bonchev–Trinajstić information content (AvgIpc) is 2.19. The third kappa shape index (κ3) is 7.52. The fourth-order valence-corrected chi connectivity index (χ4v) is 0.552. The summed E-state index contributed by atoms with van der Waals surface area (Å²) in [6.07, 6.45) is -9.66. The molecule has 18 heavy (non-hydrogen) atoms. The molecule has 0 amide bonds. The molecule has 0 saturated heterocycles. The van der Waals surface area contributed by atoms with Crippen LogP contribution in [0.5, 0.6) is 0 Å². The van der Waals surface area contributed by atoms with Crippen LogP contribution in [-0.4, -0.2) is 37.5 Å². The Bertz CT molecular complexity index is 310. The number of ether oxygens (including phenoxy) is 2. The average molecular weight is 280 g/mol. The lowest BCUT2D eigenvalue weighted by atomic mass is 10.3. The summed E-state index contributed by atoms with van der Waals surface area (Å²) in [6.45, 7) is -1.31.